The number of aryl methyl sites for hydroxylation is 1. The molecule has 0 spiro atoms. The molecule has 6 heteroatoms. The molecule has 0 aromatic heterocycles. The lowest BCUT2D eigenvalue weighted by atomic mass is 10.1. The van der Waals surface area contributed by atoms with E-state index in [0.29, 0.717) is 19.5 Å². The van der Waals surface area contributed by atoms with Crippen LogP contribution in [0.15, 0.2) is 24.3 Å². The van der Waals surface area contributed by atoms with Crippen molar-refractivity contribution in [1.82, 2.24) is 10.6 Å². The number of amides is 1. The molecule has 0 bridgehead atoms. The van der Waals surface area contributed by atoms with Gasteiger partial charge in [0, 0.05) is 25.6 Å². The second-order valence-corrected chi connectivity index (χ2v) is 5.51. The van der Waals surface area contributed by atoms with Crippen molar-refractivity contribution in [2.24, 2.45) is 5.92 Å². The van der Waals surface area contributed by atoms with E-state index < -0.39 is 6.10 Å². The van der Waals surface area contributed by atoms with E-state index in [1.165, 1.54) is 0 Å². The molecule has 1 amide bonds. The highest BCUT2D eigenvalue weighted by atomic mass is 35.5. The summed E-state index contributed by atoms with van der Waals surface area (Å²) in [5, 5.41) is 15.7. The molecule has 1 aromatic carbocycles. The number of carbonyl (C=O) groups excluding carboxylic acids is 1. The molecule has 1 aliphatic heterocycles. The fourth-order valence-electron chi connectivity index (χ4n) is 2.44. The predicted octanol–water partition coefficient (Wildman–Crippen LogP) is 1.27. The molecule has 5 nitrogen and oxygen atoms in total. The van der Waals surface area contributed by atoms with Crippen molar-refractivity contribution >= 4 is 18.3 Å². The van der Waals surface area contributed by atoms with Crippen LogP contribution >= 0.6 is 12.4 Å². The van der Waals surface area contributed by atoms with E-state index in [0.717, 1.165) is 17.9 Å². The van der Waals surface area contributed by atoms with Crippen LogP contribution in [0.5, 0.6) is 5.75 Å². The first-order chi connectivity index (χ1) is 10.1. The maximum atomic E-state index is 12.2. The normalized spacial score (nSPS) is 21.8. The SMILES string of the molecule is CCC(Oc1ccccc1C)C(=O)NCC1CNCC1O.Cl. The van der Waals surface area contributed by atoms with E-state index in [-0.39, 0.29) is 30.3 Å². The first-order valence-electron chi connectivity index (χ1n) is 7.50. The lowest BCUT2D eigenvalue weighted by Crippen LogP contribution is -2.42. The molecule has 3 unspecified atom stereocenters. The van der Waals surface area contributed by atoms with E-state index in [9.17, 15) is 9.90 Å². The highest BCUT2D eigenvalue weighted by Gasteiger charge is 2.26. The average Bonchev–Trinajstić information content (AvgIpc) is 2.89. The molecular weight excluding hydrogens is 304 g/mol. The third-order valence-electron chi connectivity index (χ3n) is 3.87. The molecule has 3 N–H and O–H groups in total. The number of hydrogen-bond donors (Lipinski definition) is 3. The Bertz CT molecular complexity index is 484. The Balaban J connectivity index is 0.00000242. The molecule has 1 aliphatic rings. The maximum absolute atomic E-state index is 12.2. The number of carbonyl (C=O) groups is 1. The van der Waals surface area contributed by atoms with Crippen LogP contribution in [0.3, 0.4) is 0 Å². The second kappa shape index (κ2) is 8.98. The summed E-state index contributed by atoms with van der Waals surface area (Å²) in [6.45, 7) is 5.68. The summed E-state index contributed by atoms with van der Waals surface area (Å²) < 4.78 is 5.81. The molecule has 0 saturated carbocycles. The van der Waals surface area contributed by atoms with Crippen molar-refractivity contribution in [2.45, 2.75) is 32.5 Å². The van der Waals surface area contributed by atoms with Gasteiger partial charge in [-0.1, -0.05) is 25.1 Å². The summed E-state index contributed by atoms with van der Waals surface area (Å²) >= 11 is 0. The van der Waals surface area contributed by atoms with E-state index in [2.05, 4.69) is 10.6 Å². The number of para-hydroxylation sites is 1. The van der Waals surface area contributed by atoms with Crippen molar-refractivity contribution in [3.8, 4) is 5.75 Å². The zero-order valence-corrected chi connectivity index (χ0v) is 13.9. The van der Waals surface area contributed by atoms with E-state index in [1.807, 2.05) is 38.1 Å². The van der Waals surface area contributed by atoms with Crippen LogP contribution in [0.25, 0.3) is 0 Å². The number of hydrogen-bond acceptors (Lipinski definition) is 4. The smallest absolute Gasteiger partial charge is 0.261 e. The number of β-amino-alcohol motifs (C(OH)–C–C–N with tert-alkyl or cyclic N) is 1. The summed E-state index contributed by atoms with van der Waals surface area (Å²) in [5.74, 6) is 0.687. The number of benzene rings is 1. The first kappa shape index (κ1) is 18.7. The Hall–Kier alpha value is -1.30. The fourth-order valence-corrected chi connectivity index (χ4v) is 2.44. The van der Waals surface area contributed by atoms with Crippen molar-refractivity contribution in [3.63, 3.8) is 0 Å². The van der Waals surface area contributed by atoms with Crippen LogP contribution < -0.4 is 15.4 Å². The van der Waals surface area contributed by atoms with Gasteiger partial charge in [-0.2, -0.15) is 0 Å². The van der Waals surface area contributed by atoms with E-state index >= 15 is 0 Å². The van der Waals surface area contributed by atoms with Gasteiger partial charge >= 0.3 is 0 Å². The predicted molar refractivity (Wildman–Crippen MR) is 88.5 cm³/mol. The second-order valence-electron chi connectivity index (χ2n) is 5.51. The summed E-state index contributed by atoms with van der Waals surface area (Å²) in [6.07, 6.45) is -0.286. The lowest BCUT2D eigenvalue weighted by molar-refractivity contribution is -0.128. The molecule has 0 radical (unpaired) electrons. The van der Waals surface area contributed by atoms with Crippen LogP contribution in [-0.2, 0) is 4.79 Å². The number of aliphatic hydroxyl groups is 1. The molecule has 2 rings (SSSR count). The highest BCUT2D eigenvalue weighted by Crippen LogP contribution is 2.19. The van der Waals surface area contributed by atoms with Crippen molar-refractivity contribution in [2.75, 3.05) is 19.6 Å². The monoisotopic (exact) mass is 328 g/mol. The van der Waals surface area contributed by atoms with Crippen LogP contribution in [0.2, 0.25) is 0 Å². The molecule has 22 heavy (non-hydrogen) atoms. The maximum Gasteiger partial charge on any atom is 0.261 e. The molecule has 1 fully saturated rings. The minimum Gasteiger partial charge on any atom is -0.480 e. The van der Waals surface area contributed by atoms with Crippen LogP contribution in [0.1, 0.15) is 18.9 Å². The summed E-state index contributed by atoms with van der Waals surface area (Å²) in [4.78, 5) is 12.2. The Kier molecular flexibility index (Phi) is 7.65. The molecule has 1 saturated heterocycles. The van der Waals surface area contributed by atoms with Gasteiger partial charge in [0.25, 0.3) is 5.91 Å². The van der Waals surface area contributed by atoms with E-state index in [1.54, 1.807) is 0 Å². The van der Waals surface area contributed by atoms with Gasteiger partial charge in [-0.15, -0.1) is 12.4 Å². The van der Waals surface area contributed by atoms with Gasteiger partial charge in [-0.05, 0) is 25.0 Å². The van der Waals surface area contributed by atoms with Gasteiger partial charge in [0.1, 0.15) is 5.75 Å². The Morgan fingerprint density at radius 3 is 2.77 bits per heavy atom. The number of nitrogens with one attached hydrogen (secondary N) is 2. The van der Waals surface area contributed by atoms with Gasteiger partial charge in [-0.3, -0.25) is 4.79 Å². The van der Waals surface area contributed by atoms with Crippen LogP contribution in [0.4, 0.5) is 0 Å². The molecular formula is C16H25ClN2O3. The molecule has 1 heterocycles. The van der Waals surface area contributed by atoms with E-state index in [4.69, 9.17) is 4.74 Å². The zero-order chi connectivity index (χ0) is 15.2. The molecule has 3 atom stereocenters. The molecule has 124 valence electrons. The summed E-state index contributed by atoms with van der Waals surface area (Å²) in [5.41, 5.74) is 1.01. The molecule has 1 aromatic rings. The molecule has 0 aliphatic carbocycles. The van der Waals surface area contributed by atoms with Crippen molar-refractivity contribution < 1.29 is 14.6 Å². The van der Waals surface area contributed by atoms with Gasteiger partial charge in [-0.25, -0.2) is 0 Å². The largest absolute Gasteiger partial charge is 0.480 e. The number of rotatable bonds is 6. The van der Waals surface area contributed by atoms with Gasteiger partial charge < -0.3 is 20.5 Å². The quantitative estimate of drug-likeness (QED) is 0.735. The summed E-state index contributed by atoms with van der Waals surface area (Å²) in [6, 6.07) is 7.67. The van der Waals surface area contributed by atoms with Crippen molar-refractivity contribution in [1.29, 1.82) is 0 Å². The first-order valence-corrected chi connectivity index (χ1v) is 7.50. The topological polar surface area (TPSA) is 70.6 Å². The van der Waals surface area contributed by atoms with Crippen LogP contribution in [0, 0.1) is 12.8 Å². The number of aliphatic hydroxyl groups excluding tert-OH is 1. The van der Waals surface area contributed by atoms with Gasteiger partial charge in [0.15, 0.2) is 6.10 Å². The summed E-state index contributed by atoms with van der Waals surface area (Å²) in [7, 11) is 0. The van der Waals surface area contributed by atoms with Crippen molar-refractivity contribution in [3.05, 3.63) is 29.8 Å². The minimum absolute atomic E-state index is 0. The Morgan fingerprint density at radius 1 is 1.45 bits per heavy atom. The Morgan fingerprint density at radius 2 is 2.18 bits per heavy atom. The number of ether oxygens (including phenoxy) is 1. The van der Waals surface area contributed by atoms with Crippen LogP contribution in [-0.4, -0.2) is 42.9 Å². The lowest BCUT2D eigenvalue weighted by Gasteiger charge is -2.20. The van der Waals surface area contributed by atoms with Gasteiger partial charge in [0.05, 0.1) is 6.10 Å². The minimum atomic E-state index is -0.502. The Labute approximate surface area is 137 Å². The third kappa shape index (κ3) is 4.87. The number of halogens is 1. The highest BCUT2D eigenvalue weighted by molar-refractivity contribution is 5.85. The van der Waals surface area contributed by atoms with Gasteiger partial charge in [0.2, 0.25) is 0 Å². The standard InChI is InChI=1S/C16H24N2O3.ClH/c1-3-14(21-15-7-5-4-6-11(15)2)16(20)18-9-12-8-17-10-13(12)19;/h4-7,12-14,17,19H,3,8-10H2,1-2H3,(H,18,20);1H. The zero-order valence-electron chi connectivity index (χ0n) is 13.0. The fraction of sp³-hybridized carbons (Fsp3) is 0.562. The average molecular weight is 329 g/mol. The third-order valence-corrected chi connectivity index (χ3v) is 3.87.